The first-order chi connectivity index (χ1) is 11.0. The van der Waals surface area contributed by atoms with Gasteiger partial charge in [-0.15, -0.1) is 0 Å². The van der Waals surface area contributed by atoms with Crippen molar-refractivity contribution < 1.29 is 17.9 Å². The van der Waals surface area contributed by atoms with E-state index in [-0.39, 0.29) is 29.8 Å². The van der Waals surface area contributed by atoms with E-state index >= 15 is 0 Å². The fraction of sp³-hybridized carbons (Fsp3) is 0.278. The number of esters is 1. The highest BCUT2D eigenvalue weighted by atomic mass is 32.2. The summed E-state index contributed by atoms with van der Waals surface area (Å²) in [5.74, 6) is 0.261. The first-order valence-corrected chi connectivity index (χ1v) is 9.40. The second kappa shape index (κ2) is 6.54. The van der Waals surface area contributed by atoms with Crippen LogP contribution in [0.5, 0.6) is 5.75 Å². The molecule has 0 amide bonds. The quantitative estimate of drug-likeness (QED) is 0.638. The lowest BCUT2D eigenvalue weighted by Crippen LogP contribution is -2.15. The summed E-state index contributed by atoms with van der Waals surface area (Å²) in [6.07, 6.45) is 0.698. The summed E-state index contributed by atoms with van der Waals surface area (Å²) in [6.45, 7) is 0. The number of carbonyl (C=O) groups is 1. The Morgan fingerprint density at radius 1 is 1.00 bits per heavy atom. The number of ether oxygens (including phenoxy) is 1. The highest BCUT2D eigenvalue weighted by Crippen LogP contribution is 2.24. The van der Waals surface area contributed by atoms with Crippen LogP contribution in [0.3, 0.4) is 0 Å². The predicted octanol–water partition coefficient (Wildman–Crippen LogP) is 3.08. The first-order valence-electron chi connectivity index (χ1n) is 7.58. The molecule has 23 heavy (non-hydrogen) atoms. The van der Waals surface area contributed by atoms with Crippen molar-refractivity contribution in [2.45, 2.75) is 12.8 Å². The van der Waals surface area contributed by atoms with Crippen molar-refractivity contribution in [2.24, 2.45) is 5.92 Å². The lowest BCUT2D eigenvalue weighted by atomic mass is 10.1. The molecule has 4 nitrogen and oxygen atoms in total. The molecule has 1 unspecified atom stereocenters. The maximum absolute atomic E-state index is 11.9. The third-order valence-electron chi connectivity index (χ3n) is 3.98. The molecule has 5 heteroatoms. The Bertz CT molecular complexity index is 780. The molecule has 0 aliphatic carbocycles. The minimum absolute atomic E-state index is 0.0923. The van der Waals surface area contributed by atoms with Crippen LogP contribution in [-0.2, 0) is 14.6 Å². The molecule has 120 valence electrons. The zero-order valence-electron chi connectivity index (χ0n) is 12.6. The minimum atomic E-state index is -2.96. The SMILES string of the molecule is O=C(CC1CCS(=O)(=O)C1)Oc1ccc(-c2ccccc2)cc1. The van der Waals surface area contributed by atoms with Crippen LogP contribution in [0.15, 0.2) is 54.6 Å². The van der Waals surface area contributed by atoms with Crippen molar-refractivity contribution in [1.29, 1.82) is 0 Å². The fourth-order valence-electron chi connectivity index (χ4n) is 2.79. The molecule has 0 bridgehead atoms. The Labute approximate surface area is 136 Å². The van der Waals surface area contributed by atoms with Gasteiger partial charge in [0.1, 0.15) is 5.75 Å². The summed E-state index contributed by atoms with van der Waals surface area (Å²) in [6, 6.07) is 17.2. The third kappa shape index (κ3) is 4.20. The van der Waals surface area contributed by atoms with Crippen LogP contribution in [0.4, 0.5) is 0 Å². The molecule has 1 saturated heterocycles. The lowest BCUT2D eigenvalue weighted by Gasteiger charge is -2.08. The zero-order valence-corrected chi connectivity index (χ0v) is 13.5. The van der Waals surface area contributed by atoms with Crippen molar-refractivity contribution in [3.63, 3.8) is 0 Å². The maximum atomic E-state index is 11.9. The molecular weight excluding hydrogens is 312 g/mol. The molecule has 0 aromatic heterocycles. The number of carbonyl (C=O) groups excluding carboxylic acids is 1. The summed E-state index contributed by atoms with van der Waals surface area (Å²) < 4.78 is 28.1. The molecule has 0 radical (unpaired) electrons. The van der Waals surface area contributed by atoms with Gasteiger partial charge in [0.2, 0.25) is 0 Å². The summed E-state index contributed by atoms with van der Waals surface area (Å²) in [5, 5.41) is 0. The fourth-order valence-corrected chi connectivity index (χ4v) is 4.65. The normalized spacial score (nSPS) is 19.4. The highest BCUT2D eigenvalue weighted by Gasteiger charge is 2.29. The van der Waals surface area contributed by atoms with Crippen LogP contribution in [-0.4, -0.2) is 25.9 Å². The number of sulfone groups is 1. The second-order valence-corrected chi connectivity index (χ2v) is 8.07. The van der Waals surface area contributed by atoms with Crippen molar-refractivity contribution in [2.75, 3.05) is 11.5 Å². The van der Waals surface area contributed by atoms with Crippen LogP contribution >= 0.6 is 0 Å². The van der Waals surface area contributed by atoms with Gasteiger partial charge in [-0.3, -0.25) is 4.79 Å². The van der Waals surface area contributed by atoms with Crippen molar-refractivity contribution >= 4 is 15.8 Å². The smallest absolute Gasteiger partial charge is 0.311 e. The largest absolute Gasteiger partial charge is 0.427 e. The van der Waals surface area contributed by atoms with Crippen LogP contribution in [0, 0.1) is 5.92 Å². The number of benzene rings is 2. The van der Waals surface area contributed by atoms with Gasteiger partial charge in [-0.2, -0.15) is 0 Å². The Balaban J connectivity index is 1.59. The summed E-state index contributed by atoms with van der Waals surface area (Å²) in [4.78, 5) is 11.9. The van der Waals surface area contributed by atoms with Crippen LogP contribution < -0.4 is 4.74 Å². The van der Waals surface area contributed by atoms with Crippen molar-refractivity contribution in [3.05, 3.63) is 54.6 Å². The van der Waals surface area contributed by atoms with E-state index in [1.807, 2.05) is 42.5 Å². The molecule has 2 aromatic rings. The molecule has 0 spiro atoms. The zero-order chi connectivity index (χ0) is 16.3. The van der Waals surface area contributed by atoms with E-state index in [2.05, 4.69) is 0 Å². The van der Waals surface area contributed by atoms with Crippen molar-refractivity contribution in [3.8, 4) is 16.9 Å². The van der Waals surface area contributed by atoms with E-state index in [0.29, 0.717) is 12.2 Å². The van der Waals surface area contributed by atoms with E-state index < -0.39 is 9.84 Å². The van der Waals surface area contributed by atoms with Gasteiger partial charge in [0, 0.05) is 6.42 Å². The van der Waals surface area contributed by atoms with E-state index in [4.69, 9.17) is 4.74 Å². The van der Waals surface area contributed by atoms with E-state index in [1.54, 1.807) is 12.1 Å². The van der Waals surface area contributed by atoms with Crippen LogP contribution in [0.1, 0.15) is 12.8 Å². The van der Waals surface area contributed by atoms with Gasteiger partial charge in [-0.1, -0.05) is 42.5 Å². The van der Waals surface area contributed by atoms with Gasteiger partial charge in [0.15, 0.2) is 9.84 Å². The Morgan fingerprint density at radius 2 is 1.65 bits per heavy atom. The molecule has 1 atom stereocenters. The van der Waals surface area contributed by atoms with Gasteiger partial charge in [0.05, 0.1) is 11.5 Å². The molecular formula is C18H18O4S. The summed E-state index contributed by atoms with van der Waals surface area (Å²) >= 11 is 0. The molecule has 1 heterocycles. The number of hydrogen-bond donors (Lipinski definition) is 0. The van der Waals surface area contributed by atoms with Crippen LogP contribution in [0.25, 0.3) is 11.1 Å². The first kappa shape index (κ1) is 15.7. The molecule has 2 aromatic carbocycles. The molecule has 0 N–H and O–H groups in total. The summed E-state index contributed by atoms with van der Waals surface area (Å²) in [5.41, 5.74) is 2.15. The van der Waals surface area contributed by atoms with E-state index in [0.717, 1.165) is 11.1 Å². The van der Waals surface area contributed by atoms with Gasteiger partial charge in [0.25, 0.3) is 0 Å². The minimum Gasteiger partial charge on any atom is -0.427 e. The van der Waals surface area contributed by atoms with Crippen molar-refractivity contribution in [1.82, 2.24) is 0 Å². The monoisotopic (exact) mass is 330 g/mol. The number of rotatable bonds is 4. The Kier molecular flexibility index (Phi) is 4.48. The Hall–Kier alpha value is -2.14. The third-order valence-corrected chi connectivity index (χ3v) is 5.81. The molecule has 1 aliphatic heterocycles. The highest BCUT2D eigenvalue weighted by molar-refractivity contribution is 7.91. The molecule has 1 aliphatic rings. The van der Waals surface area contributed by atoms with E-state index in [1.165, 1.54) is 0 Å². The van der Waals surface area contributed by atoms with Gasteiger partial charge < -0.3 is 4.74 Å². The molecule has 3 rings (SSSR count). The van der Waals surface area contributed by atoms with Gasteiger partial charge in [-0.05, 0) is 35.6 Å². The Morgan fingerprint density at radius 3 is 2.26 bits per heavy atom. The second-order valence-electron chi connectivity index (χ2n) is 5.84. The topological polar surface area (TPSA) is 60.4 Å². The average molecular weight is 330 g/mol. The molecule has 0 saturated carbocycles. The van der Waals surface area contributed by atoms with Gasteiger partial charge >= 0.3 is 5.97 Å². The number of hydrogen-bond acceptors (Lipinski definition) is 4. The van der Waals surface area contributed by atoms with E-state index in [9.17, 15) is 13.2 Å². The van der Waals surface area contributed by atoms with Gasteiger partial charge in [-0.25, -0.2) is 8.42 Å². The lowest BCUT2D eigenvalue weighted by molar-refractivity contribution is -0.135. The summed E-state index contributed by atoms with van der Waals surface area (Å²) in [7, 11) is -2.96. The average Bonchev–Trinajstić information content (AvgIpc) is 2.87. The standard InChI is InChI=1S/C18H18O4S/c19-18(12-14-10-11-23(20,21)13-14)22-17-8-6-16(7-9-17)15-4-2-1-3-5-15/h1-9,14H,10-13H2. The molecule has 1 fully saturated rings. The van der Waals surface area contributed by atoms with Crippen LogP contribution in [0.2, 0.25) is 0 Å². The predicted molar refractivity (Wildman–Crippen MR) is 88.9 cm³/mol. The maximum Gasteiger partial charge on any atom is 0.311 e.